The highest BCUT2D eigenvalue weighted by atomic mass is 16.6. The fourth-order valence-electron chi connectivity index (χ4n) is 1.24. The first-order chi connectivity index (χ1) is 8.99. The summed E-state index contributed by atoms with van der Waals surface area (Å²) in [5, 5.41) is 14.1. The number of hydrazone groups is 1. The van der Waals surface area contributed by atoms with Gasteiger partial charge >= 0.3 is 5.88 Å². The molecule has 7 heteroatoms. The van der Waals surface area contributed by atoms with E-state index < -0.39 is 4.92 Å². The number of hydrogen-bond donors (Lipinski definition) is 1. The van der Waals surface area contributed by atoms with E-state index >= 15 is 0 Å². The van der Waals surface area contributed by atoms with Gasteiger partial charge in [-0.05, 0) is 24.1 Å². The van der Waals surface area contributed by atoms with Crippen LogP contribution in [0.4, 0.5) is 5.88 Å². The molecule has 0 aromatic carbocycles. The Morgan fingerprint density at radius 2 is 2.32 bits per heavy atom. The monoisotopic (exact) mass is 265 g/mol. The fourth-order valence-corrected chi connectivity index (χ4v) is 1.24. The number of allylic oxidation sites excluding steroid dienone is 1. The van der Waals surface area contributed by atoms with Crippen LogP contribution >= 0.6 is 0 Å². The molecular formula is C12H15N3O4. The van der Waals surface area contributed by atoms with Crippen LogP contribution in [0, 0.1) is 16.0 Å². The first-order valence-electron chi connectivity index (χ1n) is 5.72. The molecule has 1 N–H and O–H groups in total. The summed E-state index contributed by atoms with van der Waals surface area (Å²) >= 11 is 0. The van der Waals surface area contributed by atoms with Gasteiger partial charge in [-0.1, -0.05) is 13.8 Å². The van der Waals surface area contributed by atoms with Gasteiger partial charge in [-0.15, -0.1) is 0 Å². The van der Waals surface area contributed by atoms with Gasteiger partial charge in [-0.25, -0.2) is 5.43 Å². The van der Waals surface area contributed by atoms with Crippen LogP contribution in [0.3, 0.4) is 0 Å². The normalized spacial score (nSPS) is 11.5. The standard InChI is InChI=1S/C12H15N3O4/c1-9(2)8-11(16)14-13-7-3-4-10-5-6-12(19-10)15(17)18/h3-7,9H,8H2,1-2H3,(H,14,16). The third-order valence-electron chi connectivity index (χ3n) is 2.00. The maximum absolute atomic E-state index is 11.2. The number of nitro groups is 1. The Morgan fingerprint density at radius 1 is 1.58 bits per heavy atom. The van der Waals surface area contributed by atoms with Crippen LogP contribution in [0.15, 0.2) is 27.7 Å². The van der Waals surface area contributed by atoms with Crippen LogP contribution in [-0.4, -0.2) is 17.0 Å². The predicted octanol–water partition coefficient (Wildman–Crippen LogP) is 2.35. The summed E-state index contributed by atoms with van der Waals surface area (Å²) < 4.78 is 4.89. The average Bonchev–Trinajstić information content (AvgIpc) is 2.76. The van der Waals surface area contributed by atoms with Crippen LogP contribution in [0.2, 0.25) is 0 Å². The first kappa shape index (κ1) is 14.6. The summed E-state index contributed by atoms with van der Waals surface area (Å²) in [5.41, 5.74) is 2.36. The molecule has 1 heterocycles. The van der Waals surface area contributed by atoms with Crippen LogP contribution in [0.5, 0.6) is 0 Å². The zero-order valence-electron chi connectivity index (χ0n) is 10.7. The molecule has 0 aliphatic carbocycles. The van der Waals surface area contributed by atoms with Gasteiger partial charge in [0.25, 0.3) is 0 Å². The van der Waals surface area contributed by atoms with E-state index in [1.54, 1.807) is 0 Å². The highest BCUT2D eigenvalue weighted by Crippen LogP contribution is 2.16. The molecule has 0 radical (unpaired) electrons. The minimum atomic E-state index is -0.614. The zero-order chi connectivity index (χ0) is 14.3. The van der Waals surface area contributed by atoms with Gasteiger partial charge in [0.15, 0.2) is 0 Å². The van der Waals surface area contributed by atoms with Gasteiger partial charge in [-0.3, -0.25) is 14.9 Å². The number of amides is 1. The lowest BCUT2D eigenvalue weighted by Gasteiger charge is -2.00. The number of rotatable bonds is 6. The minimum absolute atomic E-state index is 0.159. The molecule has 102 valence electrons. The first-order valence-corrected chi connectivity index (χ1v) is 5.72. The summed E-state index contributed by atoms with van der Waals surface area (Å²) in [5.74, 6) is 0.135. The molecule has 1 aromatic heterocycles. The smallest absolute Gasteiger partial charge is 0.401 e. The number of furan rings is 1. The second-order valence-corrected chi connectivity index (χ2v) is 4.20. The Balaban J connectivity index is 2.40. The summed E-state index contributed by atoms with van der Waals surface area (Å²) in [6.45, 7) is 3.88. The molecule has 0 saturated heterocycles. The predicted molar refractivity (Wildman–Crippen MR) is 70.5 cm³/mol. The molecule has 1 aromatic rings. The van der Waals surface area contributed by atoms with E-state index in [4.69, 9.17) is 4.42 Å². The third-order valence-corrected chi connectivity index (χ3v) is 2.00. The number of nitrogens with one attached hydrogen (secondary N) is 1. The van der Waals surface area contributed by atoms with Crippen LogP contribution in [-0.2, 0) is 4.79 Å². The van der Waals surface area contributed by atoms with Gasteiger partial charge in [0.05, 0.1) is 6.07 Å². The highest BCUT2D eigenvalue weighted by molar-refractivity contribution is 5.81. The number of hydrogen-bond acceptors (Lipinski definition) is 5. The Bertz CT molecular complexity index is 503. The van der Waals surface area contributed by atoms with Crippen molar-refractivity contribution in [1.82, 2.24) is 5.43 Å². The zero-order valence-corrected chi connectivity index (χ0v) is 10.7. The summed E-state index contributed by atoms with van der Waals surface area (Å²) in [6, 6.07) is 2.74. The molecular weight excluding hydrogens is 250 g/mol. The van der Waals surface area contributed by atoms with Crippen molar-refractivity contribution in [2.24, 2.45) is 11.0 Å². The van der Waals surface area contributed by atoms with Crippen LogP contribution in [0.1, 0.15) is 26.0 Å². The lowest BCUT2D eigenvalue weighted by molar-refractivity contribution is -0.402. The molecule has 0 atom stereocenters. The van der Waals surface area contributed by atoms with Crippen molar-refractivity contribution in [2.45, 2.75) is 20.3 Å². The van der Waals surface area contributed by atoms with Crippen molar-refractivity contribution in [3.05, 3.63) is 34.1 Å². The van der Waals surface area contributed by atoms with Gasteiger partial charge in [-0.2, -0.15) is 5.10 Å². The topological polar surface area (TPSA) is 97.7 Å². The van der Waals surface area contributed by atoms with E-state index in [0.29, 0.717) is 12.2 Å². The van der Waals surface area contributed by atoms with Gasteiger partial charge in [0.1, 0.15) is 10.7 Å². The van der Waals surface area contributed by atoms with Crippen LogP contribution < -0.4 is 5.43 Å². The Morgan fingerprint density at radius 3 is 2.89 bits per heavy atom. The molecule has 0 aliphatic heterocycles. The molecule has 0 fully saturated rings. The van der Waals surface area contributed by atoms with Gasteiger partial charge < -0.3 is 4.42 Å². The molecule has 0 bridgehead atoms. The second-order valence-electron chi connectivity index (χ2n) is 4.20. The minimum Gasteiger partial charge on any atom is -0.401 e. The van der Waals surface area contributed by atoms with Crippen molar-refractivity contribution >= 4 is 24.1 Å². The summed E-state index contributed by atoms with van der Waals surface area (Å²) in [7, 11) is 0. The fraction of sp³-hybridized carbons (Fsp3) is 0.333. The molecule has 7 nitrogen and oxygen atoms in total. The molecule has 0 saturated carbocycles. The van der Waals surface area contributed by atoms with E-state index in [-0.39, 0.29) is 17.7 Å². The largest absolute Gasteiger partial charge is 0.433 e. The second kappa shape index (κ2) is 7.10. The number of carbonyl (C=O) groups is 1. The Hall–Kier alpha value is -2.44. The summed E-state index contributed by atoms with van der Waals surface area (Å²) in [4.78, 5) is 21.0. The van der Waals surface area contributed by atoms with Gasteiger partial charge in [0.2, 0.25) is 5.91 Å². The van der Waals surface area contributed by atoms with E-state index in [9.17, 15) is 14.9 Å². The number of nitrogens with zero attached hydrogens (tertiary/aromatic N) is 2. The van der Waals surface area contributed by atoms with Crippen molar-refractivity contribution in [3.8, 4) is 0 Å². The van der Waals surface area contributed by atoms with Crippen molar-refractivity contribution in [2.75, 3.05) is 0 Å². The van der Waals surface area contributed by atoms with Gasteiger partial charge in [0, 0.05) is 12.6 Å². The number of carbonyl (C=O) groups excluding carboxylic acids is 1. The summed E-state index contributed by atoms with van der Waals surface area (Å²) in [6.07, 6.45) is 4.79. The molecule has 1 rings (SSSR count). The molecule has 0 spiro atoms. The van der Waals surface area contributed by atoms with E-state index in [0.717, 1.165) is 0 Å². The molecule has 1 amide bonds. The Labute approximate surface area is 110 Å². The maximum Gasteiger partial charge on any atom is 0.433 e. The van der Waals surface area contributed by atoms with Crippen molar-refractivity contribution in [1.29, 1.82) is 0 Å². The lowest BCUT2D eigenvalue weighted by atomic mass is 10.1. The maximum atomic E-state index is 11.2. The third kappa shape index (κ3) is 5.62. The van der Waals surface area contributed by atoms with Crippen LogP contribution in [0.25, 0.3) is 6.08 Å². The quantitative estimate of drug-likeness (QED) is 0.485. The van der Waals surface area contributed by atoms with E-state index in [2.05, 4.69) is 10.5 Å². The van der Waals surface area contributed by atoms with Crippen molar-refractivity contribution in [3.63, 3.8) is 0 Å². The van der Waals surface area contributed by atoms with Crippen molar-refractivity contribution < 1.29 is 14.1 Å². The van der Waals surface area contributed by atoms with E-state index in [1.807, 2.05) is 13.8 Å². The Kier molecular flexibility index (Phi) is 5.46. The SMILES string of the molecule is CC(C)CC(=O)NN=CC=Cc1ccc([N+](=O)[O-])o1. The lowest BCUT2D eigenvalue weighted by Crippen LogP contribution is -2.18. The molecule has 0 aliphatic rings. The average molecular weight is 265 g/mol. The van der Waals surface area contributed by atoms with E-state index in [1.165, 1.54) is 30.5 Å². The highest BCUT2D eigenvalue weighted by Gasteiger charge is 2.09. The molecule has 0 unspecified atom stereocenters. The molecule has 19 heavy (non-hydrogen) atoms.